The van der Waals surface area contributed by atoms with Crippen LogP contribution in [0.3, 0.4) is 0 Å². The first-order chi connectivity index (χ1) is 19.3. The Hall–Kier alpha value is -2.86. The fourth-order valence-electron chi connectivity index (χ4n) is 5.58. The second kappa shape index (κ2) is 11.0. The number of halogens is 8. The number of alkyl halides is 8. The zero-order chi connectivity index (χ0) is 31.3. The zero-order valence-electron chi connectivity index (χ0n) is 22.4. The second-order valence-electron chi connectivity index (χ2n) is 10.5. The van der Waals surface area contributed by atoms with Gasteiger partial charge in [0.25, 0.3) is 15.9 Å². The summed E-state index contributed by atoms with van der Waals surface area (Å²) in [5, 5.41) is 9.39. The number of amides is 1. The summed E-state index contributed by atoms with van der Waals surface area (Å²) >= 11 is 0. The highest BCUT2D eigenvalue weighted by Gasteiger charge is 2.51. The molecule has 1 aromatic carbocycles. The fraction of sp³-hybridized carbons (Fsp3) is 0.625. The molecule has 1 aliphatic heterocycles. The van der Waals surface area contributed by atoms with E-state index < -0.39 is 75.3 Å². The molecule has 1 saturated heterocycles. The quantitative estimate of drug-likeness (QED) is 0.485. The van der Waals surface area contributed by atoms with Crippen molar-refractivity contribution in [1.82, 2.24) is 29.5 Å². The summed E-state index contributed by atoms with van der Waals surface area (Å²) < 4.78 is 137. The molecule has 4 rings (SSSR count). The molecule has 2 aliphatic rings. The molecule has 1 amide bonds. The van der Waals surface area contributed by atoms with Gasteiger partial charge in [-0.1, -0.05) is 5.21 Å². The summed E-state index contributed by atoms with van der Waals surface area (Å²) in [6.45, 7) is 1.42. The summed E-state index contributed by atoms with van der Waals surface area (Å²) in [4.78, 5) is 14.8. The van der Waals surface area contributed by atoms with Crippen LogP contribution in [0, 0.1) is 0 Å². The van der Waals surface area contributed by atoms with Crippen LogP contribution < -0.4 is 5.32 Å². The van der Waals surface area contributed by atoms with Crippen LogP contribution >= 0.6 is 0 Å². The zero-order valence-corrected chi connectivity index (χ0v) is 23.3. The number of carbonyl (C=O) groups excluding carboxylic acids is 1. The van der Waals surface area contributed by atoms with Crippen molar-refractivity contribution in [3.8, 4) is 0 Å². The number of aromatic nitrogens is 3. The Morgan fingerprint density at radius 2 is 1.57 bits per heavy atom. The van der Waals surface area contributed by atoms with E-state index in [9.17, 15) is 48.3 Å². The molecular weight excluding hydrogens is 604 g/mol. The predicted molar refractivity (Wildman–Crippen MR) is 131 cm³/mol. The lowest BCUT2D eigenvalue weighted by molar-refractivity contribution is -0.143. The second-order valence-corrected chi connectivity index (χ2v) is 12.4. The standard InChI is InChI=1S/C24H28F8N6O3S/c1-15(33-20(39)17-4-3-16(23(27,28)29)13-18(17)24(30,31)32)21(5-7-22(25,26)8-6-21)37-9-11-38(12-10-37)42(40,41)19-14-36(2)35-34-19/h3-4,13-15H,5-12H2,1-2H3,(H,33,39). The molecule has 18 heteroatoms. The minimum absolute atomic E-state index is 0.0549. The number of rotatable bonds is 6. The van der Waals surface area contributed by atoms with Crippen LogP contribution in [0.25, 0.3) is 0 Å². The number of nitrogens with zero attached hydrogens (tertiary/aromatic N) is 5. The van der Waals surface area contributed by atoms with E-state index in [0.717, 1.165) is 4.31 Å². The van der Waals surface area contributed by atoms with Gasteiger partial charge >= 0.3 is 12.4 Å². The van der Waals surface area contributed by atoms with Gasteiger partial charge in [0.2, 0.25) is 10.9 Å². The van der Waals surface area contributed by atoms with Crippen LogP contribution in [0.15, 0.2) is 29.4 Å². The van der Waals surface area contributed by atoms with Gasteiger partial charge in [-0.15, -0.1) is 5.10 Å². The molecule has 1 unspecified atom stereocenters. The number of benzene rings is 1. The van der Waals surface area contributed by atoms with E-state index in [4.69, 9.17) is 0 Å². The summed E-state index contributed by atoms with van der Waals surface area (Å²) in [6.07, 6.45) is -10.6. The van der Waals surface area contributed by atoms with Gasteiger partial charge in [-0.25, -0.2) is 17.2 Å². The van der Waals surface area contributed by atoms with Gasteiger partial charge in [-0.2, -0.15) is 30.6 Å². The minimum Gasteiger partial charge on any atom is -0.348 e. The molecule has 0 spiro atoms. The van der Waals surface area contributed by atoms with E-state index in [1.807, 2.05) is 0 Å². The van der Waals surface area contributed by atoms with Crippen molar-refractivity contribution in [2.24, 2.45) is 7.05 Å². The molecule has 1 N–H and O–H groups in total. The Kier molecular flexibility index (Phi) is 8.40. The first kappa shape index (κ1) is 32.1. The lowest BCUT2D eigenvalue weighted by atomic mass is 9.73. The van der Waals surface area contributed by atoms with Crippen molar-refractivity contribution in [2.45, 2.75) is 67.5 Å². The highest BCUT2D eigenvalue weighted by molar-refractivity contribution is 7.89. The monoisotopic (exact) mass is 632 g/mol. The fourth-order valence-corrected chi connectivity index (χ4v) is 6.92. The number of aryl methyl sites for hydroxylation is 1. The van der Waals surface area contributed by atoms with Gasteiger partial charge in [0, 0.05) is 57.6 Å². The maximum atomic E-state index is 14.2. The van der Waals surface area contributed by atoms with Crippen LogP contribution in [0.5, 0.6) is 0 Å². The molecule has 2 heterocycles. The number of carbonyl (C=O) groups is 1. The van der Waals surface area contributed by atoms with Crippen LogP contribution in [0.1, 0.15) is 54.1 Å². The van der Waals surface area contributed by atoms with Crippen molar-refractivity contribution in [1.29, 1.82) is 0 Å². The third kappa shape index (κ3) is 6.39. The van der Waals surface area contributed by atoms with Crippen LogP contribution in [-0.2, 0) is 29.4 Å². The predicted octanol–water partition coefficient (Wildman–Crippen LogP) is 3.93. The molecule has 0 radical (unpaired) electrons. The molecule has 1 aliphatic carbocycles. The van der Waals surface area contributed by atoms with Crippen LogP contribution in [0.2, 0.25) is 0 Å². The molecule has 2 aromatic rings. The summed E-state index contributed by atoms with van der Waals surface area (Å²) in [5.41, 5.74) is -5.60. The number of piperazine rings is 1. The molecule has 2 fully saturated rings. The molecule has 42 heavy (non-hydrogen) atoms. The molecule has 1 aromatic heterocycles. The van der Waals surface area contributed by atoms with E-state index in [1.54, 1.807) is 4.90 Å². The SMILES string of the molecule is CC(NC(=O)c1ccc(C(F)(F)F)cc1C(F)(F)F)C1(N2CCN(S(=O)(=O)c3cn(C)nn3)CC2)CCC(F)(F)CC1. The average Bonchev–Trinajstić information content (AvgIpc) is 3.34. The Labute approximate surface area is 235 Å². The summed E-state index contributed by atoms with van der Waals surface area (Å²) in [5.74, 6) is -4.33. The highest BCUT2D eigenvalue weighted by Crippen LogP contribution is 2.44. The van der Waals surface area contributed by atoms with Crippen LogP contribution in [0.4, 0.5) is 35.1 Å². The molecule has 234 valence electrons. The number of sulfonamides is 1. The van der Waals surface area contributed by atoms with E-state index in [0.29, 0.717) is 12.1 Å². The third-order valence-corrected chi connectivity index (χ3v) is 9.71. The summed E-state index contributed by atoms with van der Waals surface area (Å²) in [7, 11) is -2.52. The van der Waals surface area contributed by atoms with Crippen molar-refractivity contribution in [3.05, 3.63) is 41.1 Å². The molecule has 1 saturated carbocycles. The molecular formula is C24H28F8N6O3S. The van der Waals surface area contributed by atoms with E-state index in [2.05, 4.69) is 15.6 Å². The number of hydrogen-bond acceptors (Lipinski definition) is 6. The van der Waals surface area contributed by atoms with Gasteiger partial charge < -0.3 is 5.32 Å². The minimum atomic E-state index is -5.29. The van der Waals surface area contributed by atoms with Gasteiger partial charge in [0.1, 0.15) is 0 Å². The molecule has 1 atom stereocenters. The maximum Gasteiger partial charge on any atom is 0.417 e. The van der Waals surface area contributed by atoms with Crippen molar-refractivity contribution >= 4 is 15.9 Å². The van der Waals surface area contributed by atoms with E-state index in [1.165, 1.54) is 24.9 Å². The normalized spacial score (nSPS) is 21.2. The molecule has 0 bridgehead atoms. The first-order valence-electron chi connectivity index (χ1n) is 12.8. The van der Waals surface area contributed by atoms with Gasteiger partial charge in [-0.05, 0) is 38.0 Å². The lowest BCUT2D eigenvalue weighted by Gasteiger charge is -2.53. The van der Waals surface area contributed by atoms with Crippen molar-refractivity contribution < 1.29 is 48.3 Å². The Balaban J connectivity index is 1.58. The molecule has 9 nitrogen and oxygen atoms in total. The lowest BCUT2D eigenvalue weighted by Crippen LogP contribution is -2.67. The first-order valence-corrected chi connectivity index (χ1v) is 14.3. The topological polar surface area (TPSA) is 100 Å². The van der Waals surface area contributed by atoms with Crippen LogP contribution in [-0.4, -0.2) is 82.2 Å². The number of nitrogens with one attached hydrogen (secondary N) is 1. The summed E-state index contributed by atoms with van der Waals surface area (Å²) in [6, 6.07) is -0.381. The smallest absolute Gasteiger partial charge is 0.348 e. The highest BCUT2D eigenvalue weighted by atomic mass is 32.2. The van der Waals surface area contributed by atoms with Gasteiger partial charge in [0.05, 0.1) is 22.9 Å². The van der Waals surface area contributed by atoms with E-state index >= 15 is 0 Å². The van der Waals surface area contributed by atoms with E-state index in [-0.39, 0.29) is 50.1 Å². The van der Waals surface area contributed by atoms with Crippen molar-refractivity contribution in [2.75, 3.05) is 26.2 Å². The Morgan fingerprint density at radius 3 is 2.07 bits per heavy atom. The van der Waals surface area contributed by atoms with Gasteiger partial charge in [0.15, 0.2) is 0 Å². The third-order valence-electron chi connectivity index (χ3n) is 7.95. The van der Waals surface area contributed by atoms with Gasteiger partial charge in [-0.3, -0.25) is 14.4 Å². The maximum absolute atomic E-state index is 14.2. The largest absolute Gasteiger partial charge is 0.417 e. The number of hydrogen-bond donors (Lipinski definition) is 1. The Bertz CT molecular complexity index is 1410. The van der Waals surface area contributed by atoms with Crippen molar-refractivity contribution in [3.63, 3.8) is 0 Å². The average molecular weight is 633 g/mol. The Morgan fingerprint density at radius 1 is 0.976 bits per heavy atom.